The largest absolute Gasteiger partial charge is 0.425 e. The van der Waals surface area contributed by atoms with E-state index in [4.69, 9.17) is 14.2 Å². The first-order valence-electron chi connectivity index (χ1n) is 5.84. The molecule has 0 saturated heterocycles. The predicted molar refractivity (Wildman–Crippen MR) is 60.0 cm³/mol. The Hall–Kier alpha value is -1.10. The fourth-order valence-electron chi connectivity index (χ4n) is 1.57. The van der Waals surface area contributed by atoms with E-state index in [0.29, 0.717) is 12.3 Å². The predicted octanol–water partition coefficient (Wildman–Crippen LogP) is 1.50. The van der Waals surface area contributed by atoms with E-state index in [1.54, 1.807) is 21.0 Å². The van der Waals surface area contributed by atoms with Crippen molar-refractivity contribution in [3.05, 3.63) is 0 Å². The zero-order valence-electron chi connectivity index (χ0n) is 10.8. The van der Waals surface area contributed by atoms with Gasteiger partial charge in [0.2, 0.25) is 6.29 Å². The van der Waals surface area contributed by atoms with E-state index >= 15 is 0 Å². The van der Waals surface area contributed by atoms with Crippen molar-refractivity contribution >= 4 is 11.9 Å². The maximum absolute atomic E-state index is 11.4. The van der Waals surface area contributed by atoms with E-state index in [1.807, 2.05) is 0 Å². The maximum atomic E-state index is 11.4. The van der Waals surface area contributed by atoms with Crippen LogP contribution in [-0.4, -0.2) is 31.4 Å². The molecule has 0 spiro atoms. The van der Waals surface area contributed by atoms with Crippen molar-refractivity contribution in [1.29, 1.82) is 0 Å². The average molecular weight is 244 g/mol. The van der Waals surface area contributed by atoms with Crippen LogP contribution in [0.4, 0.5) is 0 Å². The third-order valence-electron chi connectivity index (χ3n) is 2.67. The summed E-state index contributed by atoms with van der Waals surface area (Å²) in [5, 5.41) is 0. The summed E-state index contributed by atoms with van der Waals surface area (Å²) >= 11 is 0. The van der Waals surface area contributed by atoms with Gasteiger partial charge in [-0.1, -0.05) is 13.8 Å². The molecule has 0 aromatic carbocycles. The summed E-state index contributed by atoms with van der Waals surface area (Å²) in [4.78, 5) is 22.4. The van der Waals surface area contributed by atoms with Crippen molar-refractivity contribution in [2.75, 3.05) is 7.11 Å². The molecule has 0 radical (unpaired) electrons. The summed E-state index contributed by atoms with van der Waals surface area (Å²) in [5.74, 6) is -0.721. The molecule has 1 aliphatic rings. The van der Waals surface area contributed by atoms with E-state index in [1.165, 1.54) is 6.92 Å². The average Bonchev–Trinajstić information content (AvgIpc) is 2.94. The zero-order valence-corrected chi connectivity index (χ0v) is 10.8. The number of rotatable bonds is 6. The molecule has 3 unspecified atom stereocenters. The zero-order chi connectivity index (χ0) is 13.0. The van der Waals surface area contributed by atoms with Crippen molar-refractivity contribution in [1.82, 2.24) is 0 Å². The van der Waals surface area contributed by atoms with Crippen molar-refractivity contribution in [3.8, 4) is 0 Å². The molecule has 0 bridgehead atoms. The van der Waals surface area contributed by atoms with Crippen LogP contribution in [0.1, 0.15) is 33.6 Å². The molecule has 0 N–H and O–H groups in total. The van der Waals surface area contributed by atoms with Crippen LogP contribution >= 0.6 is 0 Å². The second-order valence-corrected chi connectivity index (χ2v) is 4.64. The van der Waals surface area contributed by atoms with Crippen LogP contribution in [0, 0.1) is 11.8 Å². The first-order chi connectivity index (χ1) is 7.93. The van der Waals surface area contributed by atoms with Gasteiger partial charge in [-0.05, 0) is 12.3 Å². The highest BCUT2D eigenvalue weighted by atomic mass is 16.7. The second kappa shape index (κ2) is 6.00. The highest BCUT2D eigenvalue weighted by Gasteiger charge is 2.40. The van der Waals surface area contributed by atoms with Gasteiger partial charge in [0.05, 0.1) is 12.0 Å². The Morgan fingerprint density at radius 3 is 2.35 bits per heavy atom. The minimum absolute atomic E-state index is 0.200. The van der Waals surface area contributed by atoms with Crippen molar-refractivity contribution in [2.45, 2.75) is 46.0 Å². The SMILES string of the molecule is COC1CC1CC(OC(C)=O)OC(=O)C(C)C. The van der Waals surface area contributed by atoms with Gasteiger partial charge in [0, 0.05) is 20.5 Å². The molecule has 0 amide bonds. The number of carbonyl (C=O) groups excluding carboxylic acids is 2. The Morgan fingerprint density at radius 2 is 1.94 bits per heavy atom. The normalized spacial score (nSPS) is 24.3. The summed E-state index contributed by atoms with van der Waals surface area (Å²) in [5.41, 5.74) is 0. The molecule has 0 heterocycles. The van der Waals surface area contributed by atoms with Crippen LogP contribution in [0.2, 0.25) is 0 Å². The molecule has 0 aliphatic heterocycles. The Bertz CT molecular complexity index is 287. The number of carbonyl (C=O) groups is 2. The maximum Gasteiger partial charge on any atom is 0.311 e. The number of hydrogen-bond donors (Lipinski definition) is 0. The van der Waals surface area contributed by atoms with E-state index in [0.717, 1.165) is 6.42 Å². The van der Waals surface area contributed by atoms with Gasteiger partial charge in [-0.3, -0.25) is 9.59 Å². The highest BCUT2D eigenvalue weighted by molar-refractivity contribution is 5.72. The van der Waals surface area contributed by atoms with E-state index in [9.17, 15) is 9.59 Å². The quantitative estimate of drug-likeness (QED) is 0.523. The molecule has 1 aliphatic carbocycles. The van der Waals surface area contributed by atoms with Crippen LogP contribution in [-0.2, 0) is 23.8 Å². The van der Waals surface area contributed by atoms with E-state index in [2.05, 4.69) is 0 Å². The van der Waals surface area contributed by atoms with Gasteiger partial charge in [-0.2, -0.15) is 0 Å². The van der Waals surface area contributed by atoms with Crippen molar-refractivity contribution in [3.63, 3.8) is 0 Å². The van der Waals surface area contributed by atoms with Crippen molar-refractivity contribution < 1.29 is 23.8 Å². The fourth-order valence-corrected chi connectivity index (χ4v) is 1.57. The number of ether oxygens (including phenoxy) is 3. The summed E-state index contributed by atoms with van der Waals surface area (Å²) in [6.07, 6.45) is 0.850. The Balaban J connectivity index is 2.43. The van der Waals surface area contributed by atoms with Crippen LogP contribution in [0.25, 0.3) is 0 Å². The van der Waals surface area contributed by atoms with E-state index in [-0.39, 0.29) is 18.0 Å². The van der Waals surface area contributed by atoms with Gasteiger partial charge >= 0.3 is 11.9 Å². The summed E-state index contributed by atoms with van der Waals surface area (Å²) < 4.78 is 15.3. The lowest BCUT2D eigenvalue weighted by Crippen LogP contribution is -2.26. The molecule has 1 saturated carbocycles. The molecular weight excluding hydrogens is 224 g/mol. The van der Waals surface area contributed by atoms with Gasteiger partial charge in [0.1, 0.15) is 0 Å². The standard InChI is InChI=1S/C12H20O5/c1-7(2)12(14)17-11(16-8(3)13)6-9-5-10(9)15-4/h7,9-11H,5-6H2,1-4H3. The Labute approximate surface area is 101 Å². The minimum Gasteiger partial charge on any atom is -0.425 e. The molecule has 3 atom stereocenters. The lowest BCUT2D eigenvalue weighted by Gasteiger charge is -2.18. The minimum atomic E-state index is -0.785. The number of methoxy groups -OCH3 is 1. The first-order valence-corrected chi connectivity index (χ1v) is 5.84. The molecule has 0 aromatic rings. The lowest BCUT2D eigenvalue weighted by molar-refractivity contribution is -0.190. The van der Waals surface area contributed by atoms with Crippen LogP contribution in [0.5, 0.6) is 0 Å². The smallest absolute Gasteiger partial charge is 0.311 e. The molecule has 5 heteroatoms. The lowest BCUT2D eigenvalue weighted by atomic mass is 10.2. The molecule has 5 nitrogen and oxygen atoms in total. The second-order valence-electron chi connectivity index (χ2n) is 4.64. The molecule has 1 fully saturated rings. The van der Waals surface area contributed by atoms with Gasteiger partial charge in [-0.15, -0.1) is 0 Å². The highest BCUT2D eigenvalue weighted by Crippen LogP contribution is 2.37. The monoisotopic (exact) mass is 244 g/mol. The Morgan fingerprint density at radius 1 is 1.29 bits per heavy atom. The molecule has 1 rings (SSSR count). The number of esters is 2. The first kappa shape index (κ1) is 14.0. The Kier molecular flexibility index (Phi) is 4.93. The molecule has 98 valence electrons. The molecule has 17 heavy (non-hydrogen) atoms. The van der Waals surface area contributed by atoms with Crippen LogP contribution in [0.15, 0.2) is 0 Å². The number of hydrogen-bond acceptors (Lipinski definition) is 5. The van der Waals surface area contributed by atoms with Gasteiger partial charge in [0.25, 0.3) is 0 Å². The molecular formula is C12H20O5. The third-order valence-corrected chi connectivity index (χ3v) is 2.67. The fraction of sp³-hybridized carbons (Fsp3) is 0.833. The van der Waals surface area contributed by atoms with Crippen LogP contribution < -0.4 is 0 Å². The molecule has 0 aromatic heterocycles. The van der Waals surface area contributed by atoms with Crippen LogP contribution in [0.3, 0.4) is 0 Å². The van der Waals surface area contributed by atoms with Gasteiger partial charge < -0.3 is 14.2 Å². The summed E-state index contributed by atoms with van der Waals surface area (Å²) in [6, 6.07) is 0. The topological polar surface area (TPSA) is 61.8 Å². The summed E-state index contributed by atoms with van der Waals surface area (Å²) in [7, 11) is 1.64. The van der Waals surface area contributed by atoms with Gasteiger partial charge in [-0.25, -0.2) is 0 Å². The third kappa shape index (κ3) is 4.73. The van der Waals surface area contributed by atoms with E-state index < -0.39 is 12.3 Å². The van der Waals surface area contributed by atoms with Gasteiger partial charge in [0.15, 0.2) is 0 Å². The van der Waals surface area contributed by atoms with Crippen molar-refractivity contribution in [2.24, 2.45) is 11.8 Å². The summed E-state index contributed by atoms with van der Waals surface area (Å²) in [6.45, 7) is 4.78.